The van der Waals surface area contributed by atoms with Crippen molar-refractivity contribution in [1.82, 2.24) is 5.32 Å². The van der Waals surface area contributed by atoms with E-state index in [1.807, 2.05) is 6.07 Å². The van der Waals surface area contributed by atoms with Gasteiger partial charge in [-0.05, 0) is 30.5 Å². The van der Waals surface area contributed by atoms with Gasteiger partial charge >= 0.3 is 0 Å². The highest BCUT2D eigenvalue weighted by molar-refractivity contribution is 5.24. The van der Waals surface area contributed by atoms with Gasteiger partial charge in [0.1, 0.15) is 5.82 Å². The zero-order chi connectivity index (χ0) is 12.0. The molecule has 1 rings (SSSR count). The van der Waals surface area contributed by atoms with E-state index in [2.05, 4.69) is 19.2 Å². The summed E-state index contributed by atoms with van der Waals surface area (Å²) in [5, 5.41) is 3.30. The molecule has 1 aromatic rings. The van der Waals surface area contributed by atoms with Gasteiger partial charge in [0.2, 0.25) is 0 Å². The lowest BCUT2D eigenvalue weighted by Gasteiger charge is -2.08. The van der Waals surface area contributed by atoms with E-state index in [-0.39, 0.29) is 12.4 Å². The smallest absolute Gasteiger partial charge is 0.128 e. The number of halogens is 1. The summed E-state index contributed by atoms with van der Waals surface area (Å²) in [7, 11) is 0. The van der Waals surface area contributed by atoms with Crippen LogP contribution in [-0.2, 0) is 13.1 Å². The van der Waals surface area contributed by atoms with E-state index in [9.17, 15) is 4.39 Å². The molecule has 0 heterocycles. The molecule has 0 aliphatic carbocycles. The molecule has 2 nitrogen and oxygen atoms in total. The summed E-state index contributed by atoms with van der Waals surface area (Å²) >= 11 is 0. The summed E-state index contributed by atoms with van der Waals surface area (Å²) in [5.41, 5.74) is 6.95. The lowest BCUT2D eigenvalue weighted by Crippen LogP contribution is -2.16. The van der Waals surface area contributed by atoms with Crippen molar-refractivity contribution < 1.29 is 4.39 Å². The standard InChI is InChI=1S/C13H21FN2/c1-10(2)5-6-16-9-11-3-4-12(8-15)13(14)7-11/h3-4,7,10,16H,5-6,8-9,15H2,1-2H3. The van der Waals surface area contributed by atoms with Gasteiger partial charge in [-0.3, -0.25) is 0 Å². The van der Waals surface area contributed by atoms with E-state index in [0.29, 0.717) is 18.0 Å². The van der Waals surface area contributed by atoms with E-state index in [4.69, 9.17) is 5.73 Å². The molecule has 0 spiro atoms. The second-order valence-electron chi connectivity index (χ2n) is 4.49. The van der Waals surface area contributed by atoms with Crippen LogP contribution in [0.4, 0.5) is 4.39 Å². The lowest BCUT2D eigenvalue weighted by molar-refractivity contribution is 0.536. The van der Waals surface area contributed by atoms with Crippen LogP contribution in [0.25, 0.3) is 0 Å². The van der Waals surface area contributed by atoms with Crippen LogP contribution in [0.1, 0.15) is 31.4 Å². The predicted octanol–water partition coefficient (Wildman–Crippen LogP) is 2.42. The van der Waals surface area contributed by atoms with Gasteiger partial charge in [0.25, 0.3) is 0 Å². The maximum absolute atomic E-state index is 13.4. The number of nitrogens with two attached hydrogens (primary N) is 1. The number of nitrogens with one attached hydrogen (secondary N) is 1. The Morgan fingerprint density at radius 3 is 2.69 bits per heavy atom. The monoisotopic (exact) mass is 224 g/mol. The fourth-order valence-corrected chi connectivity index (χ4v) is 1.49. The quantitative estimate of drug-likeness (QED) is 0.728. The van der Waals surface area contributed by atoms with Crippen molar-refractivity contribution in [3.05, 3.63) is 35.1 Å². The summed E-state index contributed by atoms with van der Waals surface area (Å²) in [6, 6.07) is 5.24. The third-order valence-corrected chi connectivity index (χ3v) is 2.56. The highest BCUT2D eigenvalue weighted by Gasteiger charge is 2.01. The fourth-order valence-electron chi connectivity index (χ4n) is 1.49. The Bertz CT molecular complexity index is 324. The van der Waals surface area contributed by atoms with Crippen molar-refractivity contribution in [1.29, 1.82) is 0 Å². The molecule has 0 aliphatic rings. The summed E-state index contributed by atoms with van der Waals surface area (Å²) in [6.45, 7) is 6.33. The van der Waals surface area contributed by atoms with Crippen molar-refractivity contribution in [2.75, 3.05) is 6.54 Å². The second kappa shape index (κ2) is 6.61. The van der Waals surface area contributed by atoms with Crippen molar-refractivity contribution in [3.63, 3.8) is 0 Å². The zero-order valence-electron chi connectivity index (χ0n) is 10.1. The van der Waals surface area contributed by atoms with Crippen LogP contribution in [0.15, 0.2) is 18.2 Å². The maximum Gasteiger partial charge on any atom is 0.128 e. The molecule has 16 heavy (non-hydrogen) atoms. The molecule has 0 radical (unpaired) electrons. The normalized spacial score (nSPS) is 11.1. The molecular weight excluding hydrogens is 203 g/mol. The topological polar surface area (TPSA) is 38.0 Å². The molecule has 0 atom stereocenters. The van der Waals surface area contributed by atoms with Crippen LogP contribution in [0.2, 0.25) is 0 Å². The van der Waals surface area contributed by atoms with Crippen molar-refractivity contribution in [2.45, 2.75) is 33.4 Å². The van der Waals surface area contributed by atoms with Crippen LogP contribution in [0.5, 0.6) is 0 Å². The van der Waals surface area contributed by atoms with E-state index < -0.39 is 0 Å². The van der Waals surface area contributed by atoms with Gasteiger partial charge < -0.3 is 11.1 Å². The molecule has 1 aromatic carbocycles. The Morgan fingerprint density at radius 1 is 1.38 bits per heavy atom. The number of hydrogen-bond donors (Lipinski definition) is 2. The van der Waals surface area contributed by atoms with E-state index in [1.54, 1.807) is 12.1 Å². The number of benzene rings is 1. The SMILES string of the molecule is CC(C)CCNCc1ccc(CN)c(F)c1. The van der Waals surface area contributed by atoms with Gasteiger partial charge in [-0.2, -0.15) is 0 Å². The molecule has 90 valence electrons. The molecule has 0 amide bonds. The minimum absolute atomic E-state index is 0.203. The predicted molar refractivity (Wildman–Crippen MR) is 65.5 cm³/mol. The maximum atomic E-state index is 13.4. The van der Waals surface area contributed by atoms with Gasteiger partial charge in [-0.25, -0.2) is 4.39 Å². The zero-order valence-corrected chi connectivity index (χ0v) is 10.1. The summed E-state index contributed by atoms with van der Waals surface area (Å²) in [6.07, 6.45) is 1.14. The average molecular weight is 224 g/mol. The number of rotatable bonds is 6. The van der Waals surface area contributed by atoms with Gasteiger partial charge in [0.05, 0.1) is 0 Å². The summed E-state index contributed by atoms with van der Waals surface area (Å²) < 4.78 is 13.4. The first kappa shape index (κ1) is 13.1. The Kier molecular flexibility index (Phi) is 5.43. The third kappa shape index (κ3) is 4.29. The largest absolute Gasteiger partial charge is 0.326 e. The molecular formula is C13H21FN2. The second-order valence-corrected chi connectivity index (χ2v) is 4.49. The molecule has 0 bridgehead atoms. The van der Waals surface area contributed by atoms with E-state index >= 15 is 0 Å². The van der Waals surface area contributed by atoms with Crippen LogP contribution < -0.4 is 11.1 Å². The first-order valence-electron chi connectivity index (χ1n) is 5.81. The molecule has 0 aromatic heterocycles. The Hall–Kier alpha value is -0.930. The third-order valence-electron chi connectivity index (χ3n) is 2.56. The molecule has 3 heteroatoms. The molecule has 0 saturated heterocycles. The highest BCUT2D eigenvalue weighted by Crippen LogP contribution is 2.09. The lowest BCUT2D eigenvalue weighted by atomic mass is 10.1. The van der Waals surface area contributed by atoms with Crippen molar-refractivity contribution >= 4 is 0 Å². The van der Waals surface area contributed by atoms with Gasteiger partial charge in [0, 0.05) is 18.7 Å². The van der Waals surface area contributed by atoms with Crippen LogP contribution in [0, 0.1) is 11.7 Å². The Balaban J connectivity index is 2.40. The summed E-state index contributed by atoms with van der Waals surface area (Å²) in [4.78, 5) is 0. The number of hydrogen-bond acceptors (Lipinski definition) is 2. The van der Waals surface area contributed by atoms with Crippen molar-refractivity contribution in [2.24, 2.45) is 11.7 Å². The molecule has 3 N–H and O–H groups in total. The minimum atomic E-state index is -0.203. The van der Waals surface area contributed by atoms with E-state index in [1.165, 1.54) is 0 Å². The first-order valence-corrected chi connectivity index (χ1v) is 5.81. The molecule has 0 aliphatic heterocycles. The van der Waals surface area contributed by atoms with Gasteiger partial charge in [0.15, 0.2) is 0 Å². The molecule has 0 saturated carbocycles. The van der Waals surface area contributed by atoms with Crippen molar-refractivity contribution in [3.8, 4) is 0 Å². The van der Waals surface area contributed by atoms with Crippen LogP contribution in [-0.4, -0.2) is 6.54 Å². The fraction of sp³-hybridized carbons (Fsp3) is 0.538. The minimum Gasteiger partial charge on any atom is -0.326 e. The first-order chi connectivity index (χ1) is 7.63. The summed E-state index contributed by atoms with van der Waals surface area (Å²) in [5.74, 6) is 0.495. The average Bonchev–Trinajstić information content (AvgIpc) is 2.24. The van der Waals surface area contributed by atoms with Gasteiger partial charge in [-0.1, -0.05) is 26.0 Å². The van der Waals surface area contributed by atoms with Gasteiger partial charge in [-0.15, -0.1) is 0 Å². The Morgan fingerprint density at radius 2 is 2.12 bits per heavy atom. The van der Waals surface area contributed by atoms with Crippen LogP contribution in [0.3, 0.4) is 0 Å². The Labute approximate surface area is 97.0 Å². The van der Waals surface area contributed by atoms with Crippen LogP contribution >= 0.6 is 0 Å². The van der Waals surface area contributed by atoms with E-state index in [0.717, 1.165) is 18.5 Å². The highest BCUT2D eigenvalue weighted by atomic mass is 19.1. The molecule has 0 unspecified atom stereocenters. The molecule has 0 fully saturated rings.